The van der Waals surface area contributed by atoms with Crippen LogP contribution in [-0.2, 0) is 14.0 Å². The topological polar surface area (TPSA) is 55.8 Å². The number of hydrogen-bond donors (Lipinski definition) is 1. The van der Waals surface area contributed by atoms with Gasteiger partial charge in [-0.05, 0) is 59.0 Å². The first-order valence-electron chi connectivity index (χ1n) is 16.9. The van der Waals surface area contributed by atoms with Crippen LogP contribution in [0.1, 0.15) is 126 Å². The molecule has 3 rings (SSSR count). The molecule has 242 valence electrons. The van der Waals surface area contributed by atoms with Gasteiger partial charge in [-0.25, -0.2) is 0 Å². The normalized spacial score (nSPS) is 13.3. The Balaban J connectivity index is 1.78. The highest BCUT2D eigenvalue weighted by Gasteiger charge is 2.34. The summed E-state index contributed by atoms with van der Waals surface area (Å²) >= 11 is 0. The van der Waals surface area contributed by atoms with Gasteiger partial charge in [-0.15, -0.1) is 0 Å². The Hall–Kier alpha value is -2.99. The number of rotatable bonds is 21. The number of carbonyl (C=O) groups excluding carboxylic acids is 1. The Morgan fingerprint density at radius 1 is 0.800 bits per heavy atom. The van der Waals surface area contributed by atoms with Gasteiger partial charge in [0.1, 0.15) is 6.10 Å². The van der Waals surface area contributed by atoms with E-state index in [0.717, 1.165) is 30.4 Å². The molecular formula is C40H54O4Si. The van der Waals surface area contributed by atoms with Crippen molar-refractivity contribution in [2.24, 2.45) is 0 Å². The van der Waals surface area contributed by atoms with E-state index in [4.69, 9.17) is 9.16 Å². The van der Waals surface area contributed by atoms with Crippen molar-refractivity contribution in [3.63, 3.8) is 0 Å². The summed E-state index contributed by atoms with van der Waals surface area (Å²) in [6.07, 6.45) is 14.8. The highest BCUT2D eigenvalue weighted by atomic mass is 28.2. The van der Waals surface area contributed by atoms with Gasteiger partial charge in [0.15, 0.2) is 0 Å². The van der Waals surface area contributed by atoms with Gasteiger partial charge in [-0.1, -0.05) is 150 Å². The molecule has 2 unspecified atom stereocenters. The third-order valence-electron chi connectivity index (χ3n) is 8.27. The molecule has 0 fully saturated rings. The molecule has 0 amide bonds. The Labute approximate surface area is 275 Å². The molecule has 4 nitrogen and oxygen atoms in total. The summed E-state index contributed by atoms with van der Waals surface area (Å²) in [6, 6.07) is 29.8. The van der Waals surface area contributed by atoms with Crippen LogP contribution in [0.2, 0.25) is 5.04 Å². The van der Waals surface area contributed by atoms with Gasteiger partial charge in [-0.3, -0.25) is 4.79 Å². The average molecular weight is 627 g/mol. The molecule has 3 aromatic carbocycles. The van der Waals surface area contributed by atoms with Crippen molar-refractivity contribution in [2.75, 3.05) is 6.61 Å². The maximum atomic E-state index is 11.8. The molecule has 0 saturated heterocycles. The van der Waals surface area contributed by atoms with E-state index in [-0.39, 0.29) is 35.7 Å². The summed E-state index contributed by atoms with van der Waals surface area (Å²) in [5.74, 6) is -0.0668. The summed E-state index contributed by atoms with van der Waals surface area (Å²) in [6.45, 7) is 8.52. The summed E-state index contributed by atoms with van der Waals surface area (Å²) in [7, 11) is 0.311. The molecule has 0 aromatic heterocycles. The lowest BCUT2D eigenvalue weighted by Gasteiger charge is -2.35. The van der Waals surface area contributed by atoms with Crippen LogP contribution in [0.3, 0.4) is 0 Å². The first-order valence-corrected chi connectivity index (χ1v) is 17.8. The molecule has 5 heteroatoms. The second kappa shape index (κ2) is 20.2. The zero-order valence-corrected chi connectivity index (χ0v) is 28.9. The molecule has 0 aliphatic heterocycles. The van der Waals surface area contributed by atoms with E-state index >= 15 is 0 Å². The fraction of sp³-hybridized carbons (Fsp3) is 0.475. The molecule has 2 radical (unpaired) electrons. The van der Waals surface area contributed by atoms with Gasteiger partial charge in [0.25, 0.3) is 0 Å². The molecule has 0 heterocycles. The quantitative estimate of drug-likeness (QED) is 0.0726. The van der Waals surface area contributed by atoms with Crippen molar-refractivity contribution in [2.45, 2.75) is 115 Å². The SMILES string of the molecule is CCCCCCCCC(/C=C/c1cccc(C(CCCCO)OC(C)=O)c1)O[Si]C(C)(C)C(c1ccccc1)c1ccccc1. The molecule has 0 aliphatic carbocycles. The zero-order valence-electron chi connectivity index (χ0n) is 27.9. The Kier molecular flexibility index (Phi) is 16.4. The highest BCUT2D eigenvalue weighted by Crippen LogP contribution is 2.46. The molecule has 1 N–H and O–H groups in total. The van der Waals surface area contributed by atoms with E-state index in [9.17, 15) is 9.90 Å². The molecule has 45 heavy (non-hydrogen) atoms. The molecule has 3 aromatic rings. The van der Waals surface area contributed by atoms with Gasteiger partial charge in [0, 0.05) is 19.4 Å². The Morgan fingerprint density at radius 3 is 2.02 bits per heavy atom. The molecule has 0 bridgehead atoms. The standard InChI is InChI=1S/C40H54O4Si/c1-5-6-7-8-9-16-26-37(29-28-33-20-19-25-36(31-33)38(43-32(2)42)27-17-18-30-41)44-45-40(3,4)39(34-21-12-10-13-22-34)35-23-14-11-15-24-35/h10-15,19-25,28-29,31,37-39,41H,5-9,16-18,26-27,30H2,1-4H3/b29-28+. The van der Waals surface area contributed by atoms with Crippen LogP contribution in [0.4, 0.5) is 0 Å². The third-order valence-corrected chi connectivity index (χ3v) is 9.51. The van der Waals surface area contributed by atoms with E-state index in [1.54, 1.807) is 0 Å². The van der Waals surface area contributed by atoms with Crippen LogP contribution in [0, 0.1) is 0 Å². The zero-order chi connectivity index (χ0) is 32.3. The van der Waals surface area contributed by atoms with Gasteiger partial charge in [-0.2, -0.15) is 0 Å². The number of aliphatic hydroxyl groups excluding tert-OH is 1. The average Bonchev–Trinajstić information content (AvgIpc) is 3.04. The fourth-order valence-corrected chi connectivity index (χ4v) is 7.04. The number of benzene rings is 3. The number of carbonyl (C=O) groups is 1. The van der Waals surface area contributed by atoms with Crippen LogP contribution in [0.25, 0.3) is 6.08 Å². The van der Waals surface area contributed by atoms with Gasteiger partial charge >= 0.3 is 5.97 Å². The first-order chi connectivity index (χ1) is 21.8. The molecule has 0 saturated carbocycles. The first kappa shape index (κ1) is 36.5. The Morgan fingerprint density at radius 2 is 1.40 bits per heavy atom. The van der Waals surface area contributed by atoms with E-state index in [2.05, 4.69) is 106 Å². The van der Waals surface area contributed by atoms with E-state index in [1.165, 1.54) is 50.2 Å². The van der Waals surface area contributed by atoms with Crippen LogP contribution in [0.5, 0.6) is 0 Å². The minimum absolute atomic E-state index is 0.0125. The molecule has 0 aliphatic rings. The minimum atomic E-state index is -0.312. The third kappa shape index (κ3) is 13.1. The summed E-state index contributed by atoms with van der Waals surface area (Å²) in [4.78, 5) is 11.8. The summed E-state index contributed by atoms with van der Waals surface area (Å²) < 4.78 is 12.5. The summed E-state index contributed by atoms with van der Waals surface area (Å²) in [5.41, 5.74) is 4.67. The van der Waals surface area contributed by atoms with Crippen molar-refractivity contribution >= 4 is 21.8 Å². The predicted octanol–water partition coefficient (Wildman–Crippen LogP) is 10.3. The van der Waals surface area contributed by atoms with Crippen molar-refractivity contribution in [1.82, 2.24) is 0 Å². The number of unbranched alkanes of at least 4 members (excludes halogenated alkanes) is 6. The van der Waals surface area contributed by atoms with Crippen molar-refractivity contribution < 1.29 is 19.1 Å². The van der Waals surface area contributed by atoms with Crippen molar-refractivity contribution in [3.05, 3.63) is 113 Å². The van der Waals surface area contributed by atoms with E-state index in [0.29, 0.717) is 22.6 Å². The lowest BCUT2D eigenvalue weighted by atomic mass is 9.82. The maximum absolute atomic E-state index is 11.8. The highest BCUT2D eigenvalue weighted by molar-refractivity contribution is 6.32. The van der Waals surface area contributed by atoms with Crippen molar-refractivity contribution in [3.8, 4) is 0 Å². The summed E-state index contributed by atoms with van der Waals surface area (Å²) in [5, 5.41) is 9.12. The van der Waals surface area contributed by atoms with Crippen LogP contribution < -0.4 is 0 Å². The van der Waals surface area contributed by atoms with Crippen LogP contribution in [-0.4, -0.2) is 33.5 Å². The number of hydrogen-bond acceptors (Lipinski definition) is 4. The van der Waals surface area contributed by atoms with Gasteiger partial charge in [0.2, 0.25) is 9.76 Å². The predicted molar refractivity (Wildman–Crippen MR) is 188 cm³/mol. The van der Waals surface area contributed by atoms with E-state index in [1.807, 2.05) is 12.1 Å². The van der Waals surface area contributed by atoms with Crippen LogP contribution in [0.15, 0.2) is 91.0 Å². The monoisotopic (exact) mass is 626 g/mol. The van der Waals surface area contributed by atoms with Crippen LogP contribution >= 0.6 is 0 Å². The second-order valence-electron chi connectivity index (χ2n) is 12.6. The lowest BCUT2D eigenvalue weighted by Crippen LogP contribution is -2.28. The molecule has 2 atom stereocenters. The number of ether oxygens (including phenoxy) is 1. The van der Waals surface area contributed by atoms with Gasteiger partial charge in [0.05, 0.1) is 6.10 Å². The van der Waals surface area contributed by atoms with Gasteiger partial charge < -0.3 is 14.3 Å². The maximum Gasteiger partial charge on any atom is 0.303 e. The molecule has 0 spiro atoms. The molecular weight excluding hydrogens is 573 g/mol. The minimum Gasteiger partial charge on any atom is -0.458 e. The lowest BCUT2D eigenvalue weighted by molar-refractivity contribution is -0.147. The largest absolute Gasteiger partial charge is 0.458 e. The number of aliphatic hydroxyl groups is 1. The Bertz CT molecular complexity index is 1220. The smallest absolute Gasteiger partial charge is 0.303 e. The van der Waals surface area contributed by atoms with E-state index < -0.39 is 0 Å². The van der Waals surface area contributed by atoms with Crippen molar-refractivity contribution in [1.29, 1.82) is 0 Å². The fourth-order valence-electron chi connectivity index (χ4n) is 5.94. The second-order valence-corrected chi connectivity index (χ2v) is 14.4. The number of esters is 1.